The van der Waals surface area contributed by atoms with Crippen LogP contribution >= 0.6 is 22.9 Å². The van der Waals surface area contributed by atoms with Gasteiger partial charge in [0.25, 0.3) is 0 Å². The summed E-state index contributed by atoms with van der Waals surface area (Å²) in [6, 6.07) is 4.80. The second-order valence-corrected chi connectivity index (χ2v) is 5.03. The Balaban J connectivity index is 2.06. The van der Waals surface area contributed by atoms with Crippen molar-refractivity contribution >= 4 is 22.9 Å². The third-order valence-corrected chi connectivity index (χ3v) is 3.21. The lowest BCUT2D eigenvalue weighted by Gasteiger charge is -2.03. The van der Waals surface area contributed by atoms with E-state index in [1.54, 1.807) is 6.07 Å². The van der Waals surface area contributed by atoms with Crippen molar-refractivity contribution in [2.24, 2.45) is 0 Å². The number of hydrogen-bond donors (Lipinski definition) is 1. The minimum atomic E-state index is -0.317. The smallest absolute Gasteiger partial charge is 0.227 e. The van der Waals surface area contributed by atoms with E-state index in [1.807, 2.05) is 6.07 Å². The van der Waals surface area contributed by atoms with Gasteiger partial charge in [-0.2, -0.15) is 0 Å². The predicted octanol–water partition coefficient (Wildman–Crippen LogP) is 2.43. The standard InChI is InChI=1S/C11H9ClO4S/c12-11-2-1-8(17-11)5-16-10-6-15-7(4-13)3-9(10)14/h1-3,6,13H,4-5H2. The molecule has 1 N–H and O–H groups in total. The van der Waals surface area contributed by atoms with Gasteiger partial charge in [0.15, 0.2) is 0 Å². The van der Waals surface area contributed by atoms with Crippen LogP contribution in [0.2, 0.25) is 4.34 Å². The molecule has 2 aromatic heterocycles. The summed E-state index contributed by atoms with van der Waals surface area (Å²) in [6.07, 6.45) is 1.20. The number of hydrogen-bond acceptors (Lipinski definition) is 5. The molecule has 0 spiro atoms. The molecular formula is C11H9ClO4S. The van der Waals surface area contributed by atoms with Gasteiger partial charge in [0.05, 0.1) is 4.34 Å². The van der Waals surface area contributed by atoms with Crippen molar-refractivity contribution in [1.29, 1.82) is 0 Å². The first-order chi connectivity index (χ1) is 8.19. The Morgan fingerprint density at radius 1 is 1.47 bits per heavy atom. The Kier molecular flexibility index (Phi) is 3.83. The van der Waals surface area contributed by atoms with Gasteiger partial charge in [0, 0.05) is 10.9 Å². The van der Waals surface area contributed by atoms with Crippen molar-refractivity contribution in [3.8, 4) is 5.75 Å². The van der Waals surface area contributed by atoms with Crippen LogP contribution in [0, 0.1) is 0 Å². The van der Waals surface area contributed by atoms with Crippen LogP contribution in [0.4, 0.5) is 0 Å². The molecule has 0 aliphatic carbocycles. The largest absolute Gasteiger partial charge is 0.481 e. The summed E-state index contributed by atoms with van der Waals surface area (Å²) in [5.41, 5.74) is -0.317. The maximum atomic E-state index is 11.5. The zero-order chi connectivity index (χ0) is 12.3. The maximum absolute atomic E-state index is 11.5. The van der Waals surface area contributed by atoms with Crippen LogP contribution in [0.1, 0.15) is 10.6 Å². The van der Waals surface area contributed by atoms with Crippen LogP contribution in [-0.2, 0) is 13.2 Å². The summed E-state index contributed by atoms with van der Waals surface area (Å²) >= 11 is 7.16. The van der Waals surface area contributed by atoms with Crippen molar-refractivity contribution in [1.82, 2.24) is 0 Å². The second kappa shape index (κ2) is 5.35. The summed E-state index contributed by atoms with van der Waals surface area (Å²) in [6.45, 7) is -0.0450. The first-order valence-electron chi connectivity index (χ1n) is 4.78. The molecule has 17 heavy (non-hydrogen) atoms. The SMILES string of the molecule is O=c1cc(CO)occ1OCc1ccc(Cl)s1. The molecule has 0 aliphatic rings. The Morgan fingerprint density at radius 2 is 2.29 bits per heavy atom. The lowest BCUT2D eigenvalue weighted by atomic mass is 10.4. The molecule has 0 saturated carbocycles. The van der Waals surface area contributed by atoms with Crippen LogP contribution in [0.3, 0.4) is 0 Å². The number of aliphatic hydroxyl groups is 1. The molecule has 0 unspecified atom stereocenters. The molecule has 0 radical (unpaired) electrons. The predicted molar refractivity (Wildman–Crippen MR) is 64.6 cm³/mol. The monoisotopic (exact) mass is 272 g/mol. The molecule has 2 aromatic rings. The second-order valence-electron chi connectivity index (χ2n) is 3.23. The van der Waals surface area contributed by atoms with Gasteiger partial charge < -0.3 is 14.3 Å². The van der Waals surface area contributed by atoms with Crippen LogP contribution in [-0.4, -0.2) is 5.11 Å². The van der Waals surface area contributed by atoms with E-state index in [-0.39, 0.29) is 30.2 Å². The van der Waals surface area contributed by atoms with E-state index in [4.69, 9.17) is 25.9 Å². The minimum Gasteiger partial charge on any atom is -0.481 e. The highest BCUT2D eigenvalue weighted by Crippen LogP contribution is 2.22. The van der Waals surface area contributed by atoms with Gasteiger partial charge >= 0.3 is 0 Å². The Hall–Kier alpha value is -1.30. The first-order valence-corrected chi connectivity index (χ1v) is 5.98. The minimum absolute atomic E-state index is 0.117. The number of ether oxygens (including phenoxy) is 1. The highest BCUT2D eigenvalue weighted by molar-refractivity contribution is 7.16. The maximum Gasteiger partial charge on any atom is 0.227 e. The van der Waals surface area contributed by atoms with E-state index >= 15 is 0 Å². The average Bonchev–Trinajstić information content (AvgIpc) is 2.73. The summed E-state index contributed by atoms with van der Waals surface area (Å²) < 4.78 is 11.0. The zero-order valence-electron chi connectivity index (χ0n) is 8.68. The van der Waals surface area contributed by atoms with Gasteiger partial charge in [-0.05, 0) is 12.1 Å². The summed E-state index contributed by atoms with van der Waals surface area (Å²) in [4.78, 5) is 12.4. The molecule has 2 rings (SSSR count). The van der Waals surface area contributed by atoms with Gasteiger partial charge in [-0.25, -0.2) is 0 Å². The van der Waals surface area contributed by atoms with Crippen LogP contribution in [0.15, 0.2) is 33.7 Å². The molecule has 0 bridgehead atoms. The van der Waals surface area contributed by atoms with Crippen molar-refractivity contribution in [3.05, 3.63) is 49.7 Å². The van der Waals surface area contributed by atoms with Crippen LogP contribution < -0.4 is 10.2 Å². The lowest BCUT2D eigenvalue weighted by molar-refractivity contribution is 0.236. The lowest BCUT2D eigenvalue weighted by Crippen LogP contribution is -2.07. The van der Waals surface area contributed by atoms with Crippen molar-refractivity contribution in [2.45, 2.75) is 13.2 Å². The molecule has 0 fully saturated rings. The van der Waals surface area contributed by atoms with Crippen LogP contribution in [0.5, 0.6) is 5.75 Å². The molecule has 4 nitrogen and oxygen atoms in total. The number of rotatable bonds is 4. The Bertz CT molecular complexity index is 561. The fraction of sp³-hybridized carbons (Fsp3) is 0.182. The molecule has 0 saturated heterocycles. The fourth-order valence-corrected chi connectivity index (χ4v) is 2.21. The third-order valence-electron chi connectivity index (χ3n) is 2.01. The fourth-order valence-electron chi connectivity index (χ4n) is 1.20. The number of halogens is 1. The molecule has 90 valence electrons. The van der Waals surface area contributed by atoms with E-state index < -0.39 is 0 Å². The average molecular weight is 273 g/mol. The van der Waals surface area contributed by atoms with E-state index in [9.17, 15) is 4.79 Å². The molecule has 0 amide bonds. The first kappa shape index (κ1) is 12.2. The van der Waals surface area contributed by atoms with E-state index in [2.05, 4.69) is 0 Å². The summed E-state index contributed by atoms with van der Waals surface area (Å²) in [7, 11) is 0. The van der Waals surface area contributed by atoms with Crippen LogP contribution in [0.25, 0.3) is 0 Å². The van der Waals surface area contributed by atoms with E-state index in [1.165, 1.54) is 23.7 Å². The highest BCUT2D eigenvalue weighted by atomic mass is 35.5. The normalized spacial score (nSPS) is 10.5. The zero-order valence-corrected chi connectivity index (χ0v) is 10.3. The van der Waals surface area contributed by atoms with Gasteiger partial charge in [0.1, 0.15) is 25.2 Å². The van der Waals surface area contributed by atoms with Gasteiger partial charge in [0.2, 0.25) is 11.2 Å². The molecule has 2 heterocycles. The molecule has 6 heteroatoms. The quantitative estimate of drug-likeness (QED) is 0.929. The van der Waals surface area contributed by atoms with Gasteiger partial charge in [-0.15, -0.1) is 11.3 Å². The van der Waals surface area contributed by atoms with Crippen molar-refractivity contribution < 1.29 is 14.3 Å². The topological polar surface area (TPSA) is 59.7 Å². The number of thiophene rings is 1. The summed E-state index contributed by atoms with van der Waals surface area (Å²) in [5.74, 6) is 0.327. The van der Waals surface area contributed by atoms with Gasteiger partial charge in [-0.3, -0.25) is 4.79 Å². The molecule has 0 atom stereocenters. The Labute approximate surface area is 106 Å². The molecule has 0 aromatic carbocycles. The highest BCUT2D eigenvalue weighted by Gasteiger charge is 2.05. The summed E-state index contributed by atoms with van der Waals surface area (Å²) in [5, 5.41) is 8.78. The Morgan fingerprint density at radius 3 is 2.88 bits per heavy atom. The van der Waals surface area contributed by atoms with Crippen molar-refractivity contribution in [2.75, 3.05) is 0 Å². The van der Waals surface area contributed by atoms with E-state index in [0.29, 0.717) is 4.34 Å². The van der Waals surface area contributed by atoms with Gasteiger partial charge in [-0.1, -0.05) is 11.6 Å². The molecular weight excluding hydrogens is 264 g/mol. The third kappa shape index (κ3) is 3.09. The molecule has 0 aliphatic heterocycles. The number of aliphatic hydroxyl groups excluding tert-OH is 1. The van der Waals surface area contributed by atoms with Crippen molar-refractivity contribution in [3.63, 3.8) is 0 Å². The van der Waals surface area contributed by atoms with E-state index in [0.717, 1.165) is 4.88 Å².